The van der Waals surface area contributed by atoms with Crippen molar-refractivity contribution in [3.05, 3.63) is 45.4 Å². The maximum atomic E-state index is 13.7. The van der Waals surface area contributed by atoms with Crippen LogP contribution < -0.4 is 0 Å². The average molecular weight is 346 g/mol. The van der Waals surface area contributed by atoms with E-state index in [9.17, 15) is 8.78 Å². The van der Waals surface area contributed by atoms with Crippen LogP contribution in [0.15, 0.2) is 29.4 Å². The fraction of sp³-hybridized carbons (Fsp3) is 0.231. The first-order valence-corrected chi connectivity index (χ1v) is 8.32. The van der Waals surface area contributed by atoms with Crippen molar-refractivity contribution in [2.45, 2.75) is 6.54 Å². The molecule has 1 aliphatic heterocycles. The van der Waals surface area contributed by atoms with Gasteiger partial charge in [-0.05, 0) is 12.1 Å². The van der Waals surface area contributed by atoms with E-state index in [4.69, 9.17) is 11.6 Å². The summed E-state index contributed by atoms with van der Waals surface area (Å²) in [5.74, 6) is -0.479. The molecule has 8 heteroatoms. The highest BCUT2D eigenvalue weighted by Crippen LogP contribution is 2.29. The number of thioether (sulfide) groups is 1. The van der Waals surface area contributed by atoms with Gasteiger partial charge in [0.2, 0.25) is 0 Å². The van der Waals surface area contributed by atoms with E-state index < -0.39 is 11.6 Å². The average Bonchev–Trinajstić information content (AvgIpc) is 3.04. The number of thiazole rings is 1. The summed E-state index contributed by atoms with van der Waals surface area (Å²) in [5, 5.41) is 0.614. The van der Waals surface area contributed by atoms with Crippen LogP contribution in [0.25, 0.3) is 0 Å². The molecule has 2 heterocycles. The van der Waals surface area contributed by atoms with Gasteiger partial charge in [-0.1, -0.05) is 29.4 Å². The molecule has 1 aromatic carbocycles. The fourth-order valence-electron chi connectivity index (χ4n) is 1.92. The van der Waals surface area contributed by atoms with Crippen molar-refractivity contribution in [3.8, 4) is 0 Å². The van der Waals surface area contributed by atoms with E-state index in [0.717, 1.165) is 17.2 Å². The van der Waals surface area contributed by atoms with Gasteiger partial charge in [-0.15, -0.1) is 11.3 Å². The Bertz CT molecular complexity index is 670. The molecule has 0 aliphatic carbocycles. The maximum Gasteiger partial charge on any atom is 0.183 e. The van der Waals surface area contributed by atoms with Crippen LogP contribution >= 0.6 is 34.7 Å². The quantitative estimate of drug-likeness (QED) is 0.829. The van der Waals surface area contributed by atoms with Crippen LogP contribution in [0.4, 0.5) is 14.5 Å². The standard InChI is InChI=1S/C13H10ClF2N3S2/c14-12-17-6-8(21-12)7-19-4-5-20-13(19)18-11-9(15)2-1-3-10(11)16/h1-3,6H,4-5,7H2. The monoisotopic (exact) mass is 345 g/mol. The third-order valence-electron chi connectivity index (χ3n) is 2.88. The van der Waals surface area contributed by atoms with Crippen molar-refractivity contribution >= 4 is 45.6 Å². The molecule has 110 valence electrons. The van der Waals surface area contributed by atoms with Gasteiger partial charge in [0.25, 0.3) is 0 Å². The van der Waals surface area contributed by atoms with Crippen LogP contribution in [0.2, 0.25) is 4.47 Å². The first-order chi connectivity index (χ1) is 10.1. The number of nitrogens with zero attached hydrogens (tertiary/aromatic N) is 3. The maximum absolute atomic E-state index is 13.7. The Balaban J connectivity index is 1.85. The summed E-state index contributed by atoms with van der Waals surface area (Å²) in [5.41, 5.74) is -0.241. The molecule has 0 bridgehead atoms. The van der Waals surface area contributed by atoms with Gasteiger partial charge in [-0.2, -0.15) is 0 Å². The number of hydrogen-bond acceptors (Lipinski definition) is 4. The van der Waals surface area contributed by atoms with Crippen LogP contribution in [0, 0.1) is 11.6 Å². The Morgan fingerprint density at radius 1 is 1.33 bits per heavy atom. The fourth-order valence-corrected chi connectivity index (χ4v) is 3.90. The van der Waals surface area contributed by atoms with Gasteiger partial charge in [-0.3, -0.25) is 0 Å². The van der Waals surface area contributed by atoms with Crippen molar-refractivity contribution in [1.29, 1.82) is 0 Å². The normalized spacial score (nSPS) is 16.9. The third kappa shape index (κ3) is 3.36. The van der Waals surface area contributed by atoms with Crippen molar-refractivity contribution < 1.29 is 8.78 Å². The molecule has 0 radical (unpaired) electrons. The summed E-state index contributed by atoms with van der Waals surface area (Å²) in [4.78, 5) is 11.1. The summed E-state index contributed by atoms with van der Waals surface area (Å²) in [6.07, 6.45) is 1.71. The lowest BCUT2D eigenvalue weighted by Crippen LogP contribution is -2.23. The predicted molar refractivity (Wildman–Crippen MR) is 83.4 cm³/mol. The van der Waals surface area contributed by atoms with Crippen LogP contribution in [0.1, 0.15) is 4.88 Å². The van der Waals surface area contributed by atoms with E-state index >= 15 is 0 Å². The van der Waals surface area contributed by atoms with E-state index in [2.05, 4.69) is 9.98 Å². The van der Waals surface area contributed by atoms with Crippen LogP contribution in [-0.2, 0) is 6.54 Å². The summed E-state index contributed by atoms with van der Waals surface area (Å²) in [7, 11) is 0. The number of benzene rings is 1. The van der Waals surface area contributed by atoms with Crippen molar-refractivity contribution in [2.75, 3.05) is 12.3 Å². The second-order valence-electron chi connectivity index (χ2n) is 4.31. The van der Waals surface area contributed by atoms with E-state index in [0.29, 0.717) is 16.2 Å². The highest BCUT2D eigenvalue weighted by molar-refractivity contribution is 8.14. The molecule has 0 amide bonds. The lowest BCUT2D eigenvalue weighted by molar-refractivity contribution is 0.460. The Kier molecular flexibility index (Phi) is 4.42. The van der Waals surface area contributed by atoms with E-state index in [-0.39, 0.29) is 5.69 Å². The van der Waals surface area contributed by atoms with Crippen LogP contribution in [0.3, 0.4) is 0 Å². The highest BCUT2D eigenvalue weighted by Gasteiger charge is 2.22. The largest absolute Gasteiger partial charge is 0.345 e. The Morgan fingerprint density at radius 2 is 2.10 bits per heavy atom. The summed E-state index contributed by atoms with van der Waals surface area (Å²) in [6.45, 7) is 1.36. The van der Waals surface area contributed by atoms with Crippen molar-refractivity contribution in [2.24, 2.45) is 4.99 Å². The number of amidine groups is 1. The number of aromatic nitrogens is 1. The molecule has 0 spiro atoms. The zero-order valence-corrected chi connectivity index (χ0v) is 13.1. The minimum atomic E-state index is -0.657. The SMILES string of the molecule is Fc1cccc(F)c1N=C1SCCN1Cc1cnc(Cl)s1. The lowest BCUT2D eigenvalue weighted by atomic mass is 10.3. The van der Waals surface area contributed by atoms with Crippen LogP contribution in [-0.4, -0.2) is 27.3 Å². The number of hydrogen-bond donors (Lipinski definition) is 0. The molecule has 1 fully saturated rings. The molecule has 2 aromatic rings. The van der Waals surface area contributed by atoms with Crippen molar-refractivity contribution in [1.82, 2.24) is 9.88 Å². The van der Waals surface area contributed by atoms with Gasteiger partial charge >= 0.3 is 0 Å². The Hall–Kier alpha value is -1.18. The second-order valence-corrected chi connectivity index (χ2v) is 7.07. The minimum absolute atomic E-state index is 0.241. The smallest absolute Gasteiger partial charge is 0.183 e. The Morgan fingerprint density at radius 3 is 2.76 bits per heavy atom. The molecule has 0 saturated carbocycles. The number of rotatable bonds is 3. The van der Waals surface area contributed by atoms with Gasteiger partial charge in [-0.25, -0.2) is 18.8 Å². The zero-order valence-electron chi connectivity index (χ0n) is 10.7. The zero-order chi connectivity index (χ0) is 14.8. The van der Waals surface area contributed by atoms with Gasteiger partial charge in [0.1, 0.15) is 5.69 Å². The first-order valence-electron chi connectivity index (χ1n) is 6.14. The number of halogens is 3. The van der Waals surface area contributed by atoms with Crippen molar-refractivity contribution in [3.63, 3.8) is 0 Å². The minimum Gasteiger partial charge on any atom is -0.345 e. The van der Waals surface area contributed by atoms with Gasteiger partial charge in [0.05, 0.1) is 6.54 Å². The predicted octanol–water partition coefficient (Wildman–Crippen LogP) is 4.31. The number of aliphatic imine (C=N–C) groups is 1. The van der Waals surface area contributed by atoms with Gasteiger partial charge in [0.15, 0.2) is 21.3 Å². The highest BCUT2D eigenvalue weighted by atomic mass is 35.5. The first kappa shape index (κ1) is 14.7. The second kappa shape index (κ2) is 6.29. The molecule has 0 N–H and O–H groups in total. The molecule has 1 aliphatic rings. The summed E-state index contributed by atoms with van der Waals surface area (Å²) in [6, 6.07) is 3.73. The van der Waals surface area contributed by atoms with E-state index in [1.165, 1.54) is 41.3 Å². The Labute approximate surface area is 133 Å². The molecule has 0 atom stereocenters. The molecular weight excluding hydrogens is 336 g/mol. The van der Waals surface area contributed by atoms with E-state index in [1.54, 1.807) is 6.20 Å². The molecular formula is C13H10ClF2N3S2. The lowest BCUT2D eigenvalue weighted by Gasteiger charge is -2.16. The number of para-hydroxylation sites is 1. The molecule has 0 unspecified atom stereocenters. The molecule has 1 saturated heterocycles. The molecule has 3 rings (SSSR count). The summed E-state index contributed by atoms with van der Waals surface area (Å²) < 4.78 is 27.8. The van der Waals surface area contributed by atoms with E-state index in [1.807, 2.05) is 4.90 Å². The molecule has 21 heavy (non-hydrogen) atoms. The van der Waals surface area contributed by atoms with Crippen LogP contribution in [0.5, 0.6) is 0 Å². The molecule has 1 aromatic heterocycles. The topological polar surface area (TPSA) is 28.5 Å². The molecule has 3 nitrogen and oxygen atoms in total. The third-order valence-corrected chi connectivity index (χ3v) is 4.97. The van der Waals surface area contributed by atoms with Gasteiger partial charge < -0.3 is 4.90 Å². The summed E-state index contributed by atoms with van der Waals surface area (Å²) >= 11 is 8.68. The van der Waals surface area contributed by atoms with Gasteiger partial charge in [0, 0.05) is 23.4 Å².